The molecule has 0 bridgehead atoms. The third kappa shape index (κ3) is 3.16. The van der Waals surface area contributed by atoms with Crippen LogP contribution in [-0.4, -0.2) is 12.9 Å². The molecule has 0 aliphatic heterocycles. The van der Waals surface area contributed by atoms with Crippen molar-refractivity contribution in [3.05, 3.63) is 64.4 Å². The lowest BCUT2D eigenvalue weighted by molar-refractivity contribution is 0.622. The fraction of sp³-hybridized carbons (Fsp3) is 0.188. The van der Waals surface area contributed by atoms with Crippen LogP contribution in [-0.2, 0) is 0 Å². The molecule has 0 aliphatic rings. The number of nitrogens with one attached hydrogen (secondary N) is 1. The fourth-order valence-electron chi connectivity index (χ4n) is 2.27. The summed E-state index contributed by atoms with van der Waals surface area (Å²) < 4.78 is 13.9. The number of nitrogens with two attached hydrogens (primary N) is 1. The van der Waals surface area contributed by atoms with Gasteiger partial charge < -0.3 is 10.6 Å². The molecular weight excluding hydrogens is 289 g/mol. The van der Waals surface area contributed by atoms with Gasteiger partial charge in [-0.1, -0.05) is 29.8 Å². The van der Waals surface area contributed by atoms with Crippen molar-refractivity contribution >= 4 is 23.1 Å². The van der Waals surface area contributed by atoms with Crippen LogP contribution in [0.15, 0.2) is 42.5 Å². The van der Waals surface area contributed by atoms with Crippen molar-refractivity contribution in [2.45, 2.75) is 13.0 Å². The molecule has 1 atom stereocenters. The summed E-state index contributed by atoms with van der Waals surface area (Å²) in [7, 11) is 1.84. The Morgan fingerprint density at radius 2 is 1.95 bits per heavy atom. The molecule has 5 heteroatoms. The van der Waals surface area contributed by atoms with Crippen LogP contribution in [0.3, 0.4) is 0 Å². The lowest BCUT2D eigenvalue weighted by Crippen LogP contribution is -2.26. The molecule has 0 aromatic heterocycles. The van der Waals surface area contributed by atoms with Gasteiger partial charge in [0.05, 0.1) is 17.3 Å². The van der Waals surface area contributed by atoms with Crippen LogP contribution < -0.4 is 10.6 Å². The number of nitrogens with zero attached hydrogens (tertiary/aromatic N) is 1. The van der Waals surface area contributed by atoms with Gasteiger partial charge in [0.2, 0.25) is 0 Å². The minimum atomic E-state index is -0.495. The molecule has 110 valence electrons. The van der Waals surface area contributed by atoms with Gasteiger partial charge in [-0.25, -0.2) is 4.39 Å². The average Bonchev–Trinajstić information content (AvgIpc) is 2.45. The molecule has 0 radical (unpaired) electrons. The van der Waals surface area contributed by atoms with Gasteiger partial charge in [0.1, 0.15) is 11.7 Å². The Hall–Kier alpha value is -2.07. The highest BCUT2D eigenvalue weighted by molar-refractivity contribution is 6.30. The Morgan fingerprint density at radius 3 is 2.57 bits per heavy atom. The number of amidine groups is 1. The van der Waals surface area contributed by atoms with Gasteiger partial charge in [-0.2, -0.15) is 0 Å². The number of hydrogen-bond donors (Lipinski definition) is 2. The zero-order valence-corrected chi connectivity index (χ0v) is 12.7. The van der Waals surface area contributed by atoms with Crippen molar-refractivity contribution in [3.63, 3.8) is 0 Å². The summed E-state index contributed by atoms with van der Waals surface area (Å²) in [6, 6.07) is 12.1. The Labute approximate surface area is 128 Å². The molecule has 2 aromatic carbocycles. The van der Waals surface area contributed by atoms with Gasteiger partial charge in [-0.15, -0.1) is 0 Å². The normalized spacial score (nSPS) is 12.0. The maximum Gasteiger partial charge on any atom is 0.136 e. The molecule has 2 rings (SSSR count). The van der Waals surface area contributed by atoms with E-state index < -0.39 is 5.82 Å². The molecule has 0 saturated carbocycles. The summed E-state index contributed by atoms with van der Waals surface area (Å²) in [5.41, 5.74) is 7.21. The van der Waals surface area contributed by atoms with E-state index in [0.717, 1.165) is 5.56 Å². The van der Waals surface area contributed by atoms with Gasteiger partial charge in [0, 0.05) is 12.1 Å². The van der Waals surface area contributed by atoms with Crippen LogP contribution in [0.5, 0.6) is 0 Å². The molecule has 21 heavy (non-hydrogen) atoms. The Kier molecular flexibility index (Phi) is 4.48. The molecule has 0 fully saturated rings. The molecule has 0 saturated heterocycles. The maximum absolute atomic E-state index is 13.9. The molecule has 0 aliphatic carbocycles. The second-order valence-corrected chi connectivity index (χ2v) is 5.33. The first-order valence-electron chi connectivity index (χ1n) is 6.53. The number of rotatable bonds is 4. The van der Waals surface area contributed by atoms with E-state index in [1.165, 1.54) is 6.07 Å². The van der Waals surface area contributed by atoms with Crippen LogP contribution in [0, 0.1) is 11.2 Å². The molecule has 2 aromatic rings. The number of hydrogen-bond acceptors (Lipinski definition) is 2. The Morgan fingerprint density at radius 1 is 1.29 bits per heavy atom. The molecule has 3 nitrogen and oxygen atoms in total. The molecule has 3 N–H and O–H groups in total. The molecule has 0 spiro atoms. The van der Waals surface area contributed by atoms with E-state index in [0.29, 0.717) is 10.7 Å². The summed E-state index contributed by atoms with van der Waals surface area (Å²) in [6.45, 7) is 1.99. The number of halogens is 2. The predicted molar refractivity (Wildman–Crippen MR) is 85.7 cm³/mol. The number of nitrogen functional groups attached to an aromatic ring is 1. The number of anilines is 1. The van der Waals surface area contributed by atoms with Crippen molar-refractivity contribution in [2.24, 2.45) is 5.73 Å². The van der Waals surface area contributed by atoms with Crippen LogP contribution in [0.2, 0.25) is 5.02 Å². The van der Waals surface area contributed by atoms with Gasteiger partial charge in [-0.3, -0.25) is 5.41 Å². The third-order valence-corrected chi connectivity index (χ3v) is 3.79. The topological polar surface area (TPSA) is 53.1 Å². The van der Waals surface area contributed by atoms with Crippen molar-refractivity contribution in [1.82, 2.24) is 0 Å². The lowest BCUT2D eigenvalue weighted by Gasteiger charge is -2.29. The van der Waals surface area contributed by atoms with Gasteiger partial charge in [-0.05, 0) is 36.8 Å². The van der Waals surface area contributed by atoms with Crippen LogP contribution in [0.4, 0.5) is 10.1 Å². The summed E-state index contributed by atoms with van der Waals surface area (Å²) in [5, 5.41) is 8.23. The minimum Gasteiger partial charge on any atom is -0.384 e. The third-order valence-electron chi connectivity index (χ3n) is 3.55. The second kappa shape index (κ2) is 6.14. The van der Waals surface area contributed by atoms with Crippen molar-refractivity contribution in [3.8, 4) is 0 Å². The van der Waals surface area contributed by atoms with E-state index in [9.17, 15) is 4.39 Å². The summed E-state index contributed by atoms with van der Waals surface area (Å²) in [4.78, 5) is 1.88. The smallest absolute Gasteiger partial charge is 0.136 e. The highest BCUT2D eigenvalue weighted by atomic mass is 35.5. The Bertz CT molecular complexity index is 672. The van der Waals surface area contributed by atoms with E-state index in [2.05, 4.69) is 0 Å². The van der Waals surface area contributed by atoms with Crippen molar-refractivity contribution in [1.29, 1.82) is 5.41 Å². The van der Waals surface area contributed by atoms with Crippen LogP contribution in [0.25, 0.3) is 0 Å². The molecule has 1 unspecified atom stereocenters. The first-order chi connectivity index (χ1) is 9.91. The Balaban J connectivity index is 2.43. The van der Waals surface area contributed by atoms with Crippen LogP contribution >= 0.6 is 11.6 Å². The second-order valence-electron chi connectivity index (χ2n) is 4.89. The van der Waals surface area contributed by atoms with E-state index >= 15 is 0 Å². The zero-order valence-electron chi connectivity index (χ0n) is 11.9. The molecule has 0 heterocycles. The quantitative estimate of drug-likeness (QED) is 0.663. The first-order valence-corrected chi connectivity index (χ1v) is 6.91. The highest BCUT2D eigenvalue weighted by Gasteiger charge is 2.19. The SMILES string of the molecule is CC(c1cccc(Cl)c1)N(C)c1cccc(F)c1C(=N)N. The van der Waals surface area contributed by atoms with E-state index in [1.807, 2.05) is 37.1 Å². The monoisotopic (exact) mass is 305 g/mol. The zero-order chi connectivity index (χ0) is 15.6. The molecule has 0 amide bonds. The number of benzene rings is 2. The predicted octanol–water partition coefficient (Wildman–Crippen LogP) is 3.96. The summed E-state index contributed by atoms with van der Waals surface area (Å²) in [6.07, 6.45) is 0. The fourth-order valence-corrected chi connectivity index (χ4v) is 2.47. The largest absolute Gasteiger partial charge is 0.384 e. The van der Waals surface area contributed by atoms with Crippen molar-refractivity contribution < 1.29 is 4.39 Å². The minimum absolute atomic E-state index is 0.0383. The maximum atomic E-state index is 13.9. The summed E-state index contributed by atoms with van der Waals surface area (Å²) >= 11 is 6.01. The highest BCUT2D eigenvalue weighted by Crippen LogP contribution is 2.30. The van der Waals surface area contributed by atoms with E-state index in [4.69, 9.17) is 22.7 Å². The van der Waals surface area contributed by atoms with E-state index in [1.54, 1.807) is 18.2 Å². The van der Waals surface area contributed by atoms with Gasteiger partial charge in [0.15, 0.2) is 0 Å². The summed E-state index contributed by atoms with van der Waals surface area (Å²) in [5.74, 6) is -0.779. The first kappa shape index (κ1) is 15.3. The van der Waals surface area contributed by atoms with Gasteiger partial charge in [0.25, 0.3) is 0 Å². The molecular formula is C16H17ClFN3. The lowest BCUT2D eigenvalue weighted by atomic mass is 10.0. The average molecular weight is 306 g/mol. The van der Waals surface area contributed by atoms with Crippen molar-refractivity contribution in [2.75, 3.05) is 11.9 Å². The standard InChI is InChI=1S/C16H17ClFN3/c1-10(11-5-3-6-12(17)9-11)21(2)14-8-4-7-13(18)15(14)16(19)20/h3-10H,1-2H3,(H3,19,20). The van der Waals surface area contributed by atoms with E-state index in [-0.39, 0.29) is 17.4 Å². The van der Waals surface area contributed by atoms with Crippen LogP contribution in [0.1, 0.15) is 24.1 Å². The van der Waals surface area contributed by atoms with Gasteiger partial charge >= 0.3 is 0 Å².